The summed E-state index contributed by atoms with van der Waals surface area (Å²) in [7, 11) is 0. The summed E-state index contributed by atoms with van der Waals surface area (Å²) in [6.07, 6.45) is 6.18. The lowest BCUT2D eigenvalue weighted by Crippen LogP contribution is -2.49. The number of anilines is 1. The largest absolute Gasteiger partial charge is 0.444 e. The molecule has 1 amide bonds. The lowest BCUT2D eigenvalue weighted by atomic mass is 9.83. The molecule has 29 heavy (non-hydrogen) atoms. The van der Waals surface area contributed by atoms with Crippen molar-refractivity contribution < 1.29 is 19.1 Å². The van der Waals surface area contributed by atoms with Crippen molar-refractivity contribution in [2.75, 3.05) is 24.5 Å². The fourth-order valence-corrected chi connectivity index (χ4v) is 5.43. The maximum Gasteiger partial charge on any atom is 0.410 e. The highest BCUT2D eigenvalue weighted by molar-refractivity contribution is 7.14. The van der Waals surface area contributed by atoms with E-state index in [2.05, 4.69) is 24.1 Å². The maximum atomic E-state index is 12.3. The van der Waals surface area contributed by atoms with Crippen molar-refractivity contribution in [1.82, 2.24) is 4.90 Å². The van der Waals surface area contributed by atoms with E-state index in [0.29, 0.717) is 12.0 Å². The van der Waals surface area contributed by atoms with E-state index < -0.39 is 5.60 Å². The first kappa shape index (κ1) is 23.4. The highest BCUT2D eigenvalue weighted by atomic mass is 32.1. The highest BCUT2D eigenvalue weighted by Gasteiger charge is 2.35. The van der Waals surface area contributed by atoms with Crippen LogP contribution in [0.25, 0.3) is 0 Å². The minimum Gasteiger partial charge on any atom is -0.444 e. The lowest BCUT2D eigenvalue weighted by molar-refractivity contribution is -0.191. The summed E-state index contributed by atoms with van der Waals surface area (Å²) in [5, 5.41) is 3.77. The van der Waals surface area contributed by atoms with Gasteiger partial charge in [0.1, 0.15) is 5.60 Å². The lowest BCUT2D eigenvalue weighted by Gasteiger charge is -2.44. The first-order chi connectivity index (χ1) is 13.7. The van der Waals surface area contributed by atoms with Crippen molar-refractivity contribution in [3.8, 4) is 0 Å². The third kappa shape index (κ3) is 6.31. The molecular formula is C22H34N2O4S. The molecule has 0 bridgehead atoms. The van der Waals surface area contributed by atoms with Gasteiger partial charge in [-0.2, -0.15) is 9.59 Å². The molecule has 0 saturated carbocycles. The van der Waals surface area contributed by atoms with Gasteiger partial charge in [0.15, 0.2) is 0 Å². The van der Waals surface area contributed by atoms with Gasteiger partial charge in [0, 0.05) is 25.7 Å². The van der Waals surface area contributed by atoms with Crippen molar-refractivity contribution in [2.45, 2.75) is 78.4 Å². The number of amides is 1. The number of ether oxygens (including phenoxy) is 1. The Balaban J connectivity index is 0.000000941. The fraction of sp³-hybridized carbons (Fsp3) is 0.727. The number of hydrogen-bond acceptors (Lipinski definition) is 6. The van der Waals surface area contributed by atoms with Crippen molar-refractivity contribution in [3.63, 3.8) is 0 Å². The van der Waals surface area contributed by atoms with Crippen LogP contribution in [-0.4, -0.2) is 48.4 Å². The molecule has 2 fully saturated rings. The van der Waals surface area contributed by atoms with Crippen molar-refractivity contribution in [1.29, 1.82) is 0 Å². The Morgan fingerprint density at radius 2 is 1.72 bits per heavy atom. The van der Waals surface area contributed by atoms with Crippen LogP contribution in [0.4, 0.5) is 9.80 Å². The van der Waals surface area contributed by atoms with Crippen LogP contribution in [-0.2, 0) is 14.3 Å². The van der Waals surface area contributed by atoms with Gasteiger partial charge in [-0.15, -0.1) is 11.3 Å². The number of piperidine rings is 2. The molecule has 1 unspecified atom stereocenters. The first-order valence-corrected chi connectivity index (χ1v) is 11.3. The minimum atomic E-state index is -0.414. The van der Waals surface area contributed by atoms with E-state index >= 15 is 0 Å². The van der Waals surface area contributed by atoms with E-state index in [9.17, 15) is 4.79 Å². The van der Waals surface area contributed by atoms with Crippen molar-refractivity contribution >= 4 is 28.6 Å². The van der Waals surface area contributed by atoms with E-state index in [0.717, 1.165) is 25.9 Å². The third-order valence-electron chi connectivity index (χ3n) is 5.81. The van der Waals surface area contributed by atoms with Crippen LogP contribution in [0.1, 0.15) is 64.0 Å². The second-order valence-electron chi connectivity index (χ2n) is 8.99. The number of thiophene rings is 1. The molecule has 162 valence electrons. The molecule has 6 nitrogen and oxygen atoms in total. The molecule has 1 atom stereocenters. The Bertz CT molecular complexity index is 711. The molecule has 0 aromatic carbocycles. The normalized spacial score (nSPS) is 20.5. The van der Waals surface area contributed by atoms with E-state index in [-0.39, 0.29) is 12.2 Å². The summed E-state index contributed by atoms with van der Waals surface area (Å²) in [6, 6.07) is 0.626. The summed E-state index contributed by atoms with van der Waals surface area (Å²) >= 11 is 1.90. The summed E-state index contributed by atoms with van der Waals surface area (Å²) in [5.74, 6) is 0.677. The van der Waals surface area contributed by atoms with E-state index in [1.165, 1.54) is 41.9 Å². The number of hydrogen-bond donors (Lipinski definition) is 0. The molecule has 0 aliphatic carbocycles. The molecule has 0 radical (unpaired) electrons. The summed E-state index contributed by atoms with van der Waals surface area (Å²) in [4.78, 5) is 33.2. The molecule has 3 rings (SSSR count). The Kier molecular flexibility index (Phi) is 8.29. The van der Waals surface area contributed by atoms with Gasteiger partial charge in [-0.05, 0) is 89.1 Å². The van der Waals surface area contributed by atoms with Crippen LogP contribution in [0, 0.1) is 19.8 Å². The van der Waals surface area contributed by atoms with Crippen LogP contribution in [0.5, 0.6) is 0 Å². The number of carbonyl (C=O) groups excluding carboxylic acids is 3. The molecular weight excluding hydrogens is 388 g/mol. The van der Waals surface area contributed by atoms with Gasteiger partial charge in [-0.3, -0.25) is 0 Å². The average molecular weight is 423 g/mol. The highest BCUT2D eigenvalue weighted by Crippen LogP contribution is 2.39. The number of likely N-dealkylation sites (tertiary alicyclic amines) is 1. The number of carbonyl (C=O) groups is 1. The number of rotatable bonds is 2. The Morgan fingerprint density at radius 3 is 2.24 bits per heavy atom. The molecule has 3 heterocycles. The number of nitrogens with zero attached hydrogens (tertiary/aromatic N) is 2. The molecule has 2 aliphatic rings. The number of aryl methyl sites for hydroxylation is 1. The zero-order valence-electron chi connectivity index (χ0n) is 18.3. The molecule has 7 heteroatoms. The summed E-state index contributed by atoms with van der Waals surface area (Å²) in [5.41, 5.74) is 2.45. The topological polar surface area (TPSA) is 66.9 Å². The van der Waals surface area contributed by atoms with E-state index in [4.69, 9.17) is 14.3 Å². The quantitative estimate of drug-likeness (QED) is 0.686. The van der Waals surface area contributed by atoms with Crippen LogP contribution >= 0.6 is 11.3 Å². The molecule has 2 saturated heterocycles. The SMILES string of the molecule is Cc1csc(N2CCCCC2C2CCN(C(=O)OC(C)(C)C)CC2)c1C.O=C=O. The van der Waals surface area contributed by atoms with Crippen LogP contribution in [0.15, 0.2) is 5.38 Å². The standard InChI is InChI=1S/C21H34N2O2S.CO2/c1-15-14-26-19(16(15)2)23-11-7-6-8-18(23)17-9-12-22(13-10-17)20(24)25-21(3,4)5;2-1-3/h14,17-18H,6-13H2,1-5H3;. The third-order valence-corrected chi connectivity index (χ3v) is 7.04. The van der Waals surface area contributed by atoms with Gasteiger partial charge >= 0.3 is 12.2 Å². The predicted octanol–water partition coefficient (Wildman–Crippen LogP) is 4.79. The van der Waals surface area contributed by atoms with E-state index in [1.54, 1.807) is 0 Å². The summed E-state index contributed by atoms with van der Waals surface area (Å²) in [6.45, 7) is 13.1. The predicted molar refractivity (Wildman–Crippen MR) is 114 cm³/mol. The van der Waals surface area contributed by atoms with Gasteiger partial charge in [0.25, 0.3) is 0 Å². The zero-order valence-corrected chi connectivity index (χ0v) is 19.1. The zero-order chi connectivity index (χ0) is 21.6. The monoisotopic (exact) mass is 422 g/mol. The van der Waals surface area contributed by atoms with Crippen molar-refractivity contribution in [2.24, 2.45) is 5.92 Å². The molecule has 0 spiro atoms. The fourth-order valence-electron chi connectivity index (χ4n) is 4.27. The molecule has 1 aromatic rings. The molecule has 1 aromatic heterocycles. The summed E-state index contributed by atoms with van der Waals surface area (Å²) < 4.78 is 5.55. The Morgan fingerprint density at radius 1 is 1.10 bits per heavy atom. The molecule has 2 aliphatic heterocycles. The second-order valence-corrected chi connectivity index (χ2v) is 9.85. The average Bonchev–Trinajstić information content (AvgIpc) is 3.00. The van der Waals surface area contributed by atoms with Gasteiger partial charge in [0.2, 0.25) is 0 Å². The van der Waals surface area contributed by atoms with Gasteiger partial charge in [-0.25, -0.2) is 4.79 Å². The van der Waals surface area contributed by atoms with Crippen LogP contribution < -0.4 is 4.90 Å². The first-order valence-electron chi connectivity index (χ1n) is 10.5. The van der Waals surface area contributed by atoms with Crippen LogP contribution in [0.2, 0.25) is 0 Å². The van der Waals surface area contributed by atoms with E-state index in [1.807, 2.05) is 37.0 Å². The Labute approximate surface area is 178 Å². The van der Waals surface area contributed by atoms with Gasteiger partial charge < -0.3 is 14.5 Å². The minimum absolute atomic E-state index is 0.152. The maximum absolute atomic E-state index is 12.3. The van der Waals surface area contributed by atoms with Crippen molar-refractivity contribution in [3.05, 3.63) is 16.5 Å². The van der Waals surface area contributed by atoms with Gasteiger partial charge in [-0.1, -0.05) is 0 Å². The Hall–Kier alpha value is -1.85. The van der Waals surface area contributed by atoms with Crippen LogP contribution in [0.3, 0.4) is 0 Å². The smallest absolute Gasteiger partial charge is 0.410 e. The second kappa shape index (κ2) is 10.3. The van der Waals surface area contributed by atoms with Gasteiger partial charge in [0.05, 0.1) is 5.00 Å². The molecule has 0 N–H and O–H groups in total.